The van der Waals surface area contributed by atoms with Crippen molar-refractivity contribution < 1.29 is 9.53 Å². The molecule has 0 saturated carbocycles. The van der Waals surface area contributed by atoms with Crippen LogP contribution in [0.15, 0.2) is 53.0 Å². The molecular weight excluding hydrogens is 320 g/mol. The minimum absolute atomic E-state index is 0.365. The smallest absolute Gasteiger partial charge is 0.293 e. The van der Waals surface area contributed by atoms with E-state index < -0.39 is 0 Å². The molecule has 0 radical (unpaired) electrons. The fourth-order valence-electron chi connectivity index (χ4n) is 1.38. The molecule has 0 bridgehead atoms. The molecule has 0 aromatic heterocycles. The summed E-state index contributed by atoms with van der Waals surface area (Å²) in [6.45, 7) is 0.817. The summed E-state index contributed by atoms with van der Waals surface area (Å²) in [4.78, 5) is 9.76. The molecule has 0 fully saturated rings. The highest BCUT2D eigenvalue weighted by molar-refractivity contribution is 9.10. The van der Waals surface area contributed by atoms with Gasteiger partial charge in [-0.3, -0.25) is 4.79 Å². The van der Waals surface area contributed by atoms with Crippen LogP contribution in [0.2, 0.25) is 0 Å². The van der Waals surface area contributed by atoms with Crippen molar-refractivity contribution in [1.29, 1.82) is 5.26 Å². The van der Waals surface area contributed by atoms with Gasteiger partial charge in [0.2, 0.25) is 0 Å². The molecule has 0 amide bonds. The molecule has 5 heteroatoms. The molecule has 0 atom stereocenters. The summed E-state index contributed by atoms with van der Waals surface area (Å²) in [5.74, 6) is 0. The number of nitrogens with zero attached hydrogens (tertiary/aromatic N) is 1. The summed E-state index contributed by atoms with van der Waals surface area (Å²) in [7, 11) is 0. The summed E-state index contributed by atoms with van der Waals surface area (Å²) in [6, 6.07) is 16.6. The van der Waals surface area contributed by atoms with Gasteiger partial charge in [-0.15, -0.1) is 0 Å². The molecule has 20 heavy (non-hydrogen) atoms. The number of hydrogen-bond donors (Lipinski definition) is 1. The number of ether oxygens (including phenoxy) is 1. The van der Waals surface area contributed by atoms with E-state index in [0.29, 0.717) is 24.3 Å². The van der Waals surface area contributed by atoms with Crippen molar-refractivity contribution in [2.24, 2.45) is 0 Å². The molecule has 0 saturated heterocycles. The molecule has 2 rings (SSSR count). The molecule has 2 aromatic rings. The first-order valence-corrected chi connectivity index (χ1v) is 6.50. The third-order valence-corrected chi connectivity index (χ3v) is 2.67. The van der Waals surface area contributed by atoms with Gasteiger partial charge in [-0.2, -0.15) is 5.26 Å². The van der Waals surface area contributed by atoms with Crippen LogP contribution in [0, 0.1) is 11.3 Å². The van der Waals surface area contributed by atoms with Crippen LogP contribution in [0.3, 0.4) is 0 Å². The Morgan fingerprint density at radius 2 is 1.95 bits per heavy atom. The van der Waals surface area contributed by atoms with Crippen LogP contribution in [-0.2, 0) is 16.1 Å². The molecule has 4 nitrogen and oxygen atoms in total. The van der Waals surface area contributed by atoms with E-state index in [1.165, 1.54) is 0 Å². The number of anilines is 1. The average molecular weight is 333 g/mol. The van der Waals surface area contributed by atoms with Crippen LogP contribution in [0.4, 0.5) is 5.69 Å². The summed E-state index contributed by atoms with van der Waals surface area (Å²) in [5, 5.41) is 8.46. The Balaban J connectivity index is 0.000000200. The molecule has 0 spiro atoms. The van der Waals surface area contributed by atoms with Crippen molar-refractivity contribution in [1.82, 2.24) is 0 Å². The van der Waals surface area contributed by atoms with Crippen molar-refractivity contribution in [2.75, 3.05) is 5.73 Å². The van der Waals surface area contributed by atoms with Gasteiger partial charge in [0.05, 0.1) is 11.6 Å². The molecule has 0 aliphatic carbocycles. The lowest BCUT2D eigenvalue weighted by atomic mass is 10.2. The molecular formula is C15H13BrN2O2. The topological polar surface area (TPSA) is 76.1 Å². The quantitative estimate of drug-likeness (QED) is 0.691. The van der Waals surface area contributed by atoms with Gasteiger partial charge in [-0.1, -0.05) is 46.3 Å². The first-order chi connectivity index (χ1) is 9.65. The molecule has 2 N–H and O–H groups in total. The lowest BCUT2D eigenvalue weighted by Crippen LogP contribution is -1.88. The third-order valence-electron chi connectivity index (χ3n) is 2.21. The standard InChI is InChI=1S/C8H8O2.C7H5BrN2/c9-7-10-6-8-4-2-1-3-5-8;8-6-1-5(4-9)2-7(10)3-6/h1-5,7H,6H2;1-3H,10H2. The van der Waals surface area contributed by atoms with E-state index in [1.54, 1.807) is 18.2 Å². The molecule has 0 aliphatic heterocycles. The Bertz CT molecular complexity index is 574. The highest BCUT2D eigenvalue weighted by Gasteiger charge is 1.93. The fourth-order valence-corrected chi connectivity index (χ4v) is 1.89. The van der Waals surface area contributed by atoms with E-state index in [1.807, 2.05) is 36.4 Å². The van der Waals surface area contributed by atoms with Gasteiger partial charge in [-0.25, -0.2) is 0 Å². The maximum Gasteiger partial charge on any atom is 0.293 e. The van der Waals surface area contributed by atoms with E-state index in [0.717, 1.165) is 10.0 Å². The van der Waals surface area contributed by atoms with Crippen LogP contribution in [-0.4, -0.2) is 6.47 Å². The first kappa shape index (κ1) is 15.7. The van der Waals surface area contributed by atoms with Gasteiger partial charge in [0.25, 0.3) is 6.47 Å². The fraction of sp³-hybridized carbons (Fsp3) is 0.0667. The average Bonchev–Trinajstić information content (AvgIpc) is 2.46. The van der Waals surface area contributed by atoms with Crippen molar-refractivity contribution in [3.05, 3.63) is 64.1 Å². The van der Waals surface area contributed by atoms with Crippen LogP contribution in [0.25, 0.3) is 0 Å². The largest absolute Gasteiger partial charge is 0.463 e. The number of halogens is 1. The van der Waals surface area contributed by atoms with Gasteiger partial charge in [0.1, 0.15) is 6.61 Å². The van der Waals surface area contributed by atoms with Gasteiger partial charge >= 0.3 is 0 Å². The summed E-state index contributed by atoms with van der Waals surface area (Å²) < 4.78 is 5.38. The van der Waals surface area contributed by atoms with Crippen molar-refractivity contribution in [2.45, 2.75) is 6.61 Å². The maximum absolute atomic E-state index is 9.76. The maximum atomic E-state index is 9.76. The number of nitriles is 1. The van der Waals surface area contributed by atoms with Crippen LogP contribution < -0.4 is 5.73 Å². The number of benzene rings is 2. The predicted molar refractivity (Wildman–Crippen MR) is 80.6 cm³/mol. The van der Waals surface area contributed by atoms with Crippen molar-refractivity contribution in [3.8, 4) is 6.07 Å². The predicted octanol–water partition coefficient (Wildman–Crippen LogP) is 3.26. The van der Waals surface area contributed by atoms with Gasteiger partial charge in [0, 0.05) is 10.2 Å². The van der Waals surface area contributed by atoms with Crippen molar-refractivity contribution in [3.63, 3.8) is 0 Å². The minimum Gasteiger partial charge on any atom is -0.463 e. The van der Waals surface area contributed by atoms with Crippen LogP contribution in [0.5, 0.6) is 0 Å². The number of hydrogen-bond acceptors (Lipinski definition) is 4. The molecule has 0 aliphatic rings. The number of carbonyl (C=O) groups excluding carboxylic acids is 1. The van der Waals surface area contributed by atoms with E-state index in [9.17, 15) is 4.79 Å². The van der Waals surface area contributed by atoms with Gasteiger partial charge in [0.15, 0.2) is 0 Å². The Morgan fingerprint density at radius 3 is 2.50 bits per heavy atom. The van der Waals surface area contributed by atoms with Gasteiger partial charge < -0.3 is 10.5 Å². The number of rotatable bonds is 3. The summed E-state index contributed by atoms with van der Waals surface area (Å²) in [6.07, 6.45) is 0. The van der Waals surface area contributed by atoms with Crippen molar-refractivity contribution >= 4 is 28.1 Å². The summed E-state index contributed by atoms with van der Waals surface area (Å²) in [5.41, 5.74) is 7.64. The minimum atomic E-state index is 0.365. The molecule has 0 heterocycles. The number of nitrogen functional groups attached to an aromatic ring is 1. The Hall–Kier alpha value is -2.32. The monoisotopic (exact) mass is 332 g/mol. The lowest BCUT2D eigenvalue weighted by molar-refractivity contribution is -0.129. The zero-order chi connectivity index (χ0) is 14.8. The highest BCUT2D eigenvalue weighted by atomic mass is 79.9. The Labute approximate surface area is 125 Å². The highest BCUT2D eigenvalue weighted by Crippen LogP contribution is 2.16. The second-order valence-electron chi connectivity index (χ2n) is 3.78. The lowest BCUT2D eigenvalue weighted by Gasteiger charge is -1.95. The molecule has 2 aromatic carbocycles. The van der Waals surface area contributed by atoms with E-state index >= 15 is 0 Å². The Kier molecular flexibility index (Phi) is 6.87. The second kappa shape index (κ2) is 8.73. The van der Waals surface area contributed by atoms with E-state index in [4.69, 9.17) is 11.0 Å². The third kappa shape index (κ3) is 6.03. The van der Waals surface area contributed by atoms with Gasteiger partial charge in [-0.05, 0) is 23.8 Å². The molecule has 0 unspecified atom stereocenters. The second-order valence-corrected chi connectivity index (χ2v) is 4.69. The molecule has 102 valence electrons. The number of carbonyl (C=O) groups is 1. The zero-order valence-electron chi connectivity index (χ0n) is 10.6. The first-order valence-electron chi connectivity index (χ1n) is 5.71. The van der Waals surface area contributed by atoms with E-state index in [-0.39, 0.29) is 0 Å². The van der Waals surface area contributed by atoms with Crippen LogP contribution in [0.1, 0.15) is 11.1 Å². The normalized spacial score (nSPS) is 8.80. The Morgan fingerprint density at radius 1 is 1.25 bits per heavy atom. The van der Waals surface area contributed by atoms with Crippen LogP contribution >= 0.6 is 15.9 Å². The number of nitrogens with two attached hydrogens (primary N) is 1. The van der Waals surface area contributed by atoms with E-state index in [2.05, 4.69) is 20.7 Å². The zero-order valence-corrected chi connectivity index (χ0v) is 12.2. The summed E-state index contributed by atoms with van der Waals surface area (Å²) >= 11 is 3.22. The SMILES string of the molecule is N#Cc1cc(N)cc(Br)c1.O=COCc1ccccc1.